The van der Waals surface area contributed by atoms with Gasteiger partial charge in [0.05, 0.1) is 11.8 Å². The van der Waals surface area contributed by atoms with Crippen molar-refractivity contribution in [3.63, 3.8) is 0 Å². The van der Waals surface area contributed by atoms with E-state index in [9.17, 15) is 34.8 Å². The van der Waals surface area contributed by atoms with E-state index in [1.165, 1.54) is 6.07 Å². The van der Waals surface area contributed by atoms with Gasteiger partial charge in [0, 0.05) is 17.9 Å². The molecule has 3 aromatic carbocycles. The largest absolute Gasteiger partial charge is 0.454 e. The lowest BCUT2D eigenvalue weighted by molar-refractivity contribution is -0.154. The first kappa shape index (κ1) is 30.4. The number of hydrogen-bond acceptors (Lipinski definition) is 8. The number of nitrogens with zero attached hydrogens (tertiary/aromatic N) is 3. The summed E-state index contributed by atoms with van der Waals surface area (Å²) < 4.78 is 107. The average molecular weight is 613 g/mol. The van der Waals surface area contributed by atoms with Gasteiger partial charge in [-0.2, -0.15) is 41.3 Å². The number of sulfonamides is 1. The molecule has 0 fully saturated rings. The fourth-order valence-electron chi connectivity index (χ4n) is 3.58. The molecule has 4 aromatic rings. The molecule has 0 unspecified atom stereocenters. The summed E-state index contributed by atoms with van der Waals surface area (Å²) in [5.74, 6) is -0.540. The van der Waals surface area contributed by atoms with Gasteiger partial charge in [0.1, 0.15) is 0 Å². The molecule has 42 heavy (non-hydrogen) atoms. The van der Waals surface area contributed by atoms with Crippen molar-refractivity contribution in [2.24, 2.45) is 0 Å². The van der Waals surface area contributed by atoms with E-state index in [1.807, 2.05) is 0 Å². The van der Waals surface area contributed by atoms with Gasteiger partial charge >= 0.3 is 18.4 Å². The summed E-state index contributed by atoms with van der Waals surface area (Å²) in [6.45, 7) is -1.58. The van der Waals surface area contributed by atoms with Crippen LogP contribution in [0.2, 0.25) is 0 Å². The summed E-state index contributed by atoms with van der Waals surface area (Å²) in [7, 11) is -3.45. The first-order chi connectivity index (χ1) is 19.6. The van der Waals surface area contributed by atoms with Gasteiger partial charge in [-0.3, -0.25) is 4.72 Å². The first-order valence-corrected chi connectivity index (χ1v) is 13.8. The van der Waals surface area contributed by atoms with E-state index in [4.69, 9.17) is 0 Å². The van der Waals surface area contributed by atoms with Gasteiger partial charge in [-0.25, -0.2) is 8.42 Å². The average Bonchev–Trinajstić information content (AvgIpc) is 2.89. The van der Waals surface area contributed by atoms with Crippen LogP contribution in [0.5, 0.6) is 6.01 Å². The number of aromatic nitrogens is 3. The van der Waals surface area contributed by atoms with Crippen molar-refractivity contribution in [3.05, 3.63) is 83.9 Å². The molecule has 0 saturated heterocycles. The van der Waals surface area contributed by atoms with Gasteiger partial charge in [-0.1, -0.05) is 42.5 Å². The Morgan fingerprint density at radius 3 is 2.12 bits per heavy atom. The van der Waals surface area contributed by atoms with Crippen molar-refractivity contribution >= 4 is 33.3 Å². The monoisotopic (exact) mass is 612 g/mol. The number of benzene rings is 3. The minimum atomic E-state index is -4.68. The number of ether oxygens (including phenoxy) is 1. The molecule has 0 aliphatic carbocycles. The van der Waals surface area contributed by atoms with Crippen LogP contribution in [0.15, 0.2) is 72.8 Å². The zero-order valence-electron chi connectivity index (χ0n) is 21.6. The van der Waals surface area contributed by atoms with Gasteiger partial charge in [0.2, 0.25) is 21.9 Å². The molecule has 0 bridgehead atoms. The lowest BCUT2D eigenvalue weighted by Gasteiger charge is -2.13. The summed E-state index contributed by atoms with van der Waals surface area (Å²) in [6, 6.07) is 17.2. The molecule has 1 aromatic heterocycles. The van der Waals surface area contributed by atoms with E-state index in [1.54, 1.807) is 48.5 Å². The molecule has 3 N–H and O–H groups in total. The second kappa shape index (κ2) is 12.1. The standard InChI is InChI=1S/C26H22F6N6O3S/c1-42(39,40)38-21-7-2-4-18(12-21)17-10-8-16(9-11-17)14-33-22-35-23(37-24(36-22)41-15-25(27,28)29)34-20-6-3-5-19(13-20)26(30,31)32/h2-13,38H,14-15H2,1H3,(H2,33,34,35,36,37). The Balaban J connectivity index is 1.51. The first-order valence-electron chi connectivity index (χ1n) is 11.9. The smallest absolute Gasteiger partial charge is 0.422 e. The fraction of sp³-hybridized carbons (Fsp3) is 0.192. The van der Waals surface area contributed by atoms with Crippen LogP contribution in [0.1, 0.15) is 11.1 Å². The van der Waals surface area contributed by atoms with Crippen LogP contribution in [-0.4, -0.2) is 42.4 Å². The Bertz CT molecular complexity index is 1650. The maximum Gasteiger partial charge on any atom is 0.422 e. The topological polar surface area (TPSA) is 118 Å². The van der Waals surface area contributed by atoms with E-state index < -0.39 is 40.6 Å². The Morgan fingerprint density at radius 2 is 1.45 bits per heavy atom. The minimum Gasteiger partial charge on any atom is -0.454 e. The van der Waals surface area contributed by atoms with Crippen LogP contribution in [-0.2, 0) is 22.7 Å². The zero-order valence-corrected chi connectivity index (χ0v) is 22.4. The number of rotatable bonds is 10. The molecular formula is C26H22F6N6O3S. The SMILES string of the molecule is CS(=O)(=O)Nc1cccc(-c2ccc(CNc3nc(Nc4cccc(C(F)(F)F)c4)nc(OCC(F)(F)F)n3)cc2)c1. The van der Waals surface area contributed by atoms with Gasteiger partial charge in [0.25, 0.3) is 0 Å². The molecule has 0 saturated carbocycles. The highest BCUT2D eigenvalue weighted by atomic mass is 32.2. The fourth-order valence-corrected chi connectivity index (χ4v) is 4.13. The van der Waals surface area contributed by atoms with Crippen molar-refractivity contribution < 1.29 is 39.5 Å². The number of hydrogen-bond donors (Lipinski definition) is 3. The summed E-state index contributed by atoms with van der Waals surface area (Å²) in [5.41, 5.74) is 1.64. The minimum absolute atomic E-state index is 0.0601. The van der Waals surface area contributed by atoms with Crippen LogP contribution in [0.3, 0.4) is 0 Å². The van der Waals surface area contributed by atoms with E-state index >= 15 is 0 Å². The maximum atomic E-state index is 13.1. The zero-order chi connectivity index (χ0) is 30.5. The molecule has 9 nitrogen and oxygen atoms in total. The van der Waals surface area contributed by atoms with Crippen LogP contribution in [0.4, 0.5) is 49.6 Å². The lowest BCUT2D eigenvalue weighted by atomic mass is 10.0. The van der Waals surface area contributed by atoms with Gasteiger partial charge in [0.15, 0.2) is 6.61 Å². The highest BCUT2D eigenvalue weighted by Crippen LogP contribution is 2.31. The van der Waals surface area contributed by atoms with Crippen molar-refractivity contribution in [2.75, 3.05) is 28.2 Å². The molecule has 0 amide bonds. The molecule has 0 aliphatic heterocycles. The third-order valence-corrected chi connectivity index (χ3v) is 5.94. The van der Waals surface area contributed by atoms with E-state index in [0.29, 0.717) is 5.69 Å². The van der Waals surface area contributed by atoms with Gasteiger partial charge in [-0.05, 0) is 47.0 Å². The number of alkyl halides is 6. The number of halogens is 6. The second-order valence-corrected chi connectivity index (χ2v) is 10.6. The highest BCUT2D eigenvalue weighted by molar-refractivity contribution is 7.92. The van der Waals surface area contributed by atoms with Gasteiger partial charge < -0.3 is 15.4 Å². The molecule has 0 spiro atoms. The molecule has 16 heteroatoms. The maximum absolute atomic E-state index is 13.1. The molecule has 1 heterocycles. The van der Waals surface area contributed by atoms with Crippen LogP contribution >= 0.6 is 0 Å². The predicted octanol–water partition coefficient (Wildman–Crippen LogP) is 6.23. The van der Waals surface area contributed by atoms with E-state index in [-0.39, 0.29) is 24.1 Å². The molecule has 0 radical (unpaired) electrons. The lowest BCUT2D eigenvalue weighted by Crippen LogP contribution is -2.21. The van der Waals surface area contributed by atoms with Gasteiger partial charge in [-0.15, -0.1) is 0 Å². The molecule has 0 atom stereocenters. The Hall–Kier alpha value is -4.60. The predicted molar refractivity (Wildman–Crippen MR) is 144 cm³/mol. The van der Waals surface area contributed by atoms with Crippen molar-refractivity contribution in [1.29, 1.82) is 0 Å². The Labute approximate surface area is 236 Å². The molecule has 222 valence electrons. The molecular weight excluding hydrogens is 590 g/mol. The normalized spacial score (nSPS) is 12.1. The second-order valence-electron chi connectivity index (χ2n) is 8.88. The van der Waals surface area contributed by atoms with Crippen LogP contribution in [0, 0.1) is 0 Å². The van der Waals surface area contributed by atoms with Crippen molar-refractivity contribution in [1.82, 2.24) is 15.0 Å². The van der Waals surface area contributed by atoms with E-state index in [2.05, 4.69) is 35.0 Å². The number of anilines is 4. The van der Waals surface area contributed by atoms with Crippen molar-refractivity contribution in [3.8, 4) is 17.1 Å². The third kappa shape index (κ3) is 9.22. The summed E-state index contributed by atoms with van der Waals surface area (Å²) in [4.78, 5) is 11.6. The van der Waals surface area contributed by atoms with Crippen LogP contribution < -0.4 is 20.1 Å². The Morgan fingerprint density at radius 1 is 0.786 bits per heavy atom. The van der Waals surface area contributed by atoms with Crippen molar-refractivity contribution in [2.45, 2.75) is 18.9 Å². The Kier molecular flexibility index (Phi) is 8.75. The third-order valence-electron chi connectivity index (χ3n) is 5.33. The summed E-state index contributed by atoms with van der Waals surface area (Å²) in [6.07, 6.45) is -8.25. The number of nitrogens with one attached hydrogen (secondary N) is 3. The summed E-state index contributed by atoms with van der Waals surface area (Å²) >= 11 is 0. The molecule has 4 rings (SSSR count). The molecule has 0 aliphatic rings. The highest BCUT2D eigenvalue weighted by Gasteiger charge is 2.31. The summed E-state index contributed by atoms with van der Waals surface area (Å²) in [5, 5.41) is 5.36. The van der Waals surface area contributed by atoms with E-state index in [0.717, 1.165) is 41.1 Å². The van der Waals surface area contributed by atoms with Crippen LogP contribution in [0.25, 0.3) is 11.1 Å². The quantitative estimate of drug-likeness (QED) is 0.181.